The van der Waals surface area contributed by atoms with Gasteiger partial charge in [-0.15, -0.1) is 0 Å². The predicted octanol–water partition coefficient (Wildman–Crippen LogP) is 2.31. The van der Waals surface area contributed by atoms with Crippen LogP contribution < -0.4 is 5.32 Å². The summed E-state index contributed by atoms with van der Waals surface area (Å²) in [6.07, 6.45) is 0. The molecule has 1 aromatic rings. The van der Waals surface area contributed by atoms with E-state index >= 15 is 0 Å². The van der Waals surface area contributed by atoms with E-state index in [4.69, 9.17) is 10.00 Å². The molecule has 0 aromatic heterocycles. The van der Waals surface area contributed by atoms with Crippen LogP contribution in [0.2, 0.25) is 0 Å². The van der Waals surface area contributed by atoms with Crippen LogP contribution in [0.1, 0.15) is 18.1 Å². The number of methoxy groups -OCH3 is 1. The van der Waals surface area contributed by atoms with Gasteiger partial charge in [0.15, 0.2) is 0 Å². The van der Waals surface area contributed by atoms with Crippen LogP contribution in [0, 0.1) is 18.3 Å². The molecule has 0 saturated heterocycles. The summed E-state index contributed by atoms with van der Waals surface area (Å²) in [6, 6.07) is 8.00. The van der Waals surface area contributed by atoms with Gasteiger partial charge in [0.2, 0.25) is 0 Å². The lowest BCUT2D eigenvalue weighted by Crippen LogP contribution is -2.21. The number of hydrogen-bond donors (Lipinski definition) is 1. The minimum Gasteiger partial charge on any atom is -0.383 e. The highest BCUT2D eigenvalue weighted by Gasteiger charge is 2.04. The van der Waals surface area contributed by atoms with Crippen molar-refractivity contribution in [3.63, 3.8) is 0 Å². The Morgan fingerprint density at radius 3 is 2.87 bits per heavy atom. The zero-order chi connectivity index (χ0) is 11.3. The first-order valence-electron chi connectivity index (χ1n) is 4.93. The molecule has 0 aliphatic heterocycles. The fraction of sp³-hybridized carbons (Fsp3) is 0.417. The molecule has 1 atom stereocenters. The normalized spacial score (nSPS) is 11.9. The quantitative estimate of drug-likeness (QED) is 0.818. The molecule has 1 rings (SSSR count). The SMILES string of the molecule is COC[C@H](C)Nc1cc(C#N)ccc1C. The van der Waals surface area contributed by atoms with Crippen LogP contribution in [0.15, 0.2) is 18.2 Å². The molecule has 0 unspecified atom stereocenters. The first-order valence-corrected chi connectivity index (χ1v) is 4.93. The zero-order valence-corrected chi connectivity index (χ0v) is 9.37. The maximum absolute atomic E-state index is 8.79. The summed E-state index contributed by atoms with van der Waals surface area (Å²) in [4.78, 5) is 0. The highest BCUT2D eigenvalue weighted by molar-refractivity contribution is 5.55. The minimum absolute atomic E-state index is 0.239. The summed E-state index contributed by atoms with van der Waals surface area (Å²) >= 11 is 0. The van der Waals surface area contributed by atoms with Crippen molar-refractivity contribution in [2.24, 2.45) is 0 Å². The van der Waals surface area contributed by atoms with Crippen LogP contribution in [-0.4, -0.2) is 19.8 Å². The van der Waals surface area contributed by atoms with E-state index in [0.29, 0.717) is 12.2 Å². The molecule has 1 N–H and O–H groups in total. The van der Waals surface area contributed by atoms with Gasteiger partial charge in [0.1, 0.15) is 0 Å². The van der Waals surface area contributed by atoms with Crippen LogP contribution >= 0.6 is 0 Å². The summed E-state index contributed by atoms with van der Waals surface area (Å²) in [5, 5.41) is 12.1. The number of nitrogens with one attached hydrogen (secondary N) is 1. The van der Waals surface area contributed by atoms with Gasteiger partial charge in [-0.3, -0.25) is 0 Å². The Labute approximate surface area is 90.7 Å². The van der Waals surface area contributed by atoms with Crippen molar-refractivity contribution in [1.29, 1.82) is 5.26 Å². The number of anilines is 1. The second-order valence-corrected chi connectivity index (χ2v) is 3.64. The number of nitrogens with zero attached hydrogens (tertiary/aromatic N) is 1. The lowest BCUT2D eigenvalue weighted by molar-refractivity contribution is 0.190. The van der Waals surface area contributed by atoms with E-state index in [0.717, 1.165) is 11.3 Å². The molecular formula is C12H16N2O. The molecular weight excluding hydrogens is 188 g/mol. The second-order valence-electron chi connectivity index (χ2n) is 3.64. The Morgan fingerprint density at radius 2 is 2.27 bits per heavy atom. The molecule has 0 spiro atoms. The molecule has 0 saturated carbocycles. The van der Waals surface area contributed by atoms with Crippen molar-refractivity contribution < 1.29 is 4.74 Å². The number of hydrogen-bond acceptors (Lipinski definition) is 3. The Bertz CT molecular complexity index is 368. The summed E-state index contributed by atoms with van der Waals surface area (Å²) < 4.78 is 5.04. The third kappa shape index (κ3) is 3.26. The third-order valence-corrected chi connectivity index (χ3v) is 2.19. The Morgan fingerprint density at radius 1 is 1.53 bits per heavy atom. The van der Waals surface area contributed by atoms with Crippen molar-refractivity contribution in [2.45, 2.75) is 19.9 Å². The number of rotatable bonds is 4. The largest absolute Gasteiger partial charge is 0.383 e. The number of benzene rings is 1. The van der Waals surface area contributed by atoms with Gasteiger partial charge < -0.3 is 10.1 Å². The Hall–Kier alpha value is -1.53. The Kier molecular flexibility index (Phi) is 4.14. The van der Waals surface area contributed by atoms with Crippen LogP contribution in [0.3, 0.4) is 0 Å². The smallest absolute Gasteiger partial charge is 0.0992 e. The van der Waals surface area contributed by atoms with E-state index < -0.39 is 0 Å². The van der Waals surface area contributed by atoms with Crippen molar-refractivity contribution in [3.8, 4) is 6.07 Å². The van der Waals surface area contributed by atoms with E-state index in [1.807, 2.05) is 32.0 Å². The summed E-state index contributed by atoms with van der Waals surface area (Å²) in [6.45, 7) is 4.71. The molecule has 0 bridgehead atoms. The maximum atomic E-state index is 8.79. The molecule has 15 heavy (non-hydrogen) atoms. The van der Waals surface area contributed by atoms with Gasteiger partial charge in [-0.05, 0) is 31.5 Å². The predicted molar refractivity (Wildman–Crippen MR) is 60.9 cm³/mol. The fourth-order valence-corrected chi connectivity index (χ4v) is 1.40. The third-order valence-electron chi connectivity index (χ3n) is 2.19. The molecule has 0 aliphatic carbocycles. The first kappa shape index (κ1) is 11.5. The minimum atomic E-state index is 0.239. The number of aryl methyl sites for hydroxylation is 1. The molecule has 3 nitrogen and oxygen atoms in total. The van der Waals surface area contributed by atoms with Crippen LogP contribution in [0.5, 0.6) is 0 Å². The highest BCUT2D eigenvalue weighted by Crippen LogP contribution is 2.17. The summed E-state index contributed by atoms with van der Waals surface area (Å²) in [5.74, 6) is 0. The molecule has 0 amide bonds. The van der Waals surface area contributed by atoms with Gasteiger partial charge in [-0.25, -0.2) is 0 Å². The highest BCUT2D eigenvalue weighted by atomic mass is 16.5. The zero-order valence-electron chi connectivity index (χ0n) is 9.37. The van der Waals surface area contributed by atoms with Gasteiger partial charge in [-0.2, -0.15) is 5.26 Å². The van der Waals surface area contributed by atoms with Gasteiger partial charge in [0.05, 0.1) is 18.2 Å². The molecule has 0 fully saturated rings. The lowest BCUT2D eigenvalue weighted by atomic mass is 10.1. The molecule has 3 heteroatoms. The van der Waals surface area contributed by atoms with Gasteiger partial charge >= 0.3 is 0 Å². The average Bonchev–Trinajstić information content (AvgIpc) is 2.21. The standard InChI is InChI=1S/C12H16N2O/c1-9-4-5-11(7-13)6-12(9)14-10(2)8-15-3/h4-6,10,14H,8H2,1-3H3/t10-/m0/s1. The number of ether oxygens (including phenoxy) is 1. The van der Waals surface area contributed by atoms with Crippen LogP contribution in [0.4, 0.5) is 5.69 Å². The molecule has 0 heterocycles. The molecule has 1 aromatic carbocycles. The van der Waals surface area contributed by atoms with E-state index in [2.05, 4.69) is 11.4 Å². The monoisotopic (exact) mass is 204 g/mol. The lowest BCUT2D eigenvalue weighted by Gasteiger charge is -2.16. The van der Waals surface area contributed by atoms with Crippen molar-refractivity contribution in [1.82, 2.24) is 0 Å². The number of nitriles is 1. The average molecular weight is 204 g/mol. The second kappa shape index (κ2) is 5.38. The molecule has 0 aliphatic rings. The van der Waals surface area contributed by atoms with Gasteiger partial charge in [0.25, 0.3) is 0 Å². The van der Waals surface area contributed by atoms with Crippen molar-refractivity contribution >= 4 is 5.69 Å². The topological polar surface area (TPSA) is 45.0 Å². The Balaban J connectivity index is 2.80. The van der Waals surface area contributed by atoms with Crippen LogP contribution in [0.25, 0.3) is 0 Å². The van der Waals surface area contributed by atoms with Gasteiger partial charge in [-0.1, -0.05) is 6.07 Å². The first-order chi connectivity index (χ1) is 7.17. The van der Waals surface area contributed by atoms with E-state index in [-0.39, 0.29) is 6.04 Å². The van der Waals surface area contributed by atoms with E-state index in [1.54, 1.807) is 7.11 Å². The maximum Gasteiger partial charge on any atom is 0.0992 e. The molecule has 80 valence electrons. The summed E-state index contributed by atoms with van der Waals surface area (Å²) in [5.41, 5.74) is 2.81. The summed E-state index contributed by atoms with van der Waals surface area (Å²) in [7, 11) is 1.68. The molecule has 0 radical (unpaired) electrons. The fourth-order valence-electron chi connectivity index (χ4n) is 1.40. The van der Waals surface area contributed by atoms with Crippen molar-refractivity contribution in [2.75, 3.05) is 19.0 Å². The van der Waals surface area contributed by atoms with Crippen LogP contribution in [-0.2, 0) is 4.74 Å². The van der Waals surface area contributed by atoms with Gasteiger partial charge in [0, 0.05) is 18.8 Å². The van der Waals surface area contributed by atoms with Crippen molar-refractivity contribution in [3.05, 3.63) is 29.3 Å². The van der Waals surface area contributed by atoms with E-state index in [9.17, 15) is 0 Å². The van der Waals surface area contributed by atoms with E-state index in [1.165, 1.54) is 0 Å².